The lowest BCUT2D eigenvalue weighted by atomic mass is 10.1. The monoisotopic (exact) mass is 234 g/mol. The molecule has 1 unspecified atom stereocenters. The van der Waals surface area contributed by atoms with E-state index in [1.807, 2.05) is 6.92 Å². The Balaban J connectivity index is 2.71. The predicted octanol–water partition coefficient (Wildman–Crippen LogP) is 1.57. The second-order valence-electron chi connectivity index (χ2n) is 4.42. The molecule has 4 heteroatoms. The third kappa shape index (κ3) is 2.22. The van der Waals surface area contributed by atoms with Crippen LogP contribution >= 0.6 is 0 Å². The second-order valence-corrected chi connectivity index (χ2v) is 4.42. The van der Waals surface area contributed by atoms with E-state index in [0.717, 1.165) is 10.9 Å². The SMILES string of the molecule is CC(N)Cc1cc2cc(F)ccc2n(C)c1=O. The number of hydrogen-bond donors (Lipinski definition) is 1. The number of rotatable bonds is 2. The summed E-state index contributed by atoms with van der Waals surface area (Å²) in [5.41, 5.74) is 6.98. The summed E-state index contributed by atoms with van der Waals surface area (Å²) < 4.78 is 14.7. The Morgan fingerprint density at radius 2 is 2.12 bits per heavy atom. The van der Waals surface area contributed by atoms with E-state index in [1.54, 1.807) is 19.2 Å². The maximum atomic E-state index is 13.2. The van der Waals surface area contributed by atoms with Crippen molar-refractivity contribution >= 4 is 10.9 Å². The molecule has 0 saturated heterocycles. The van der Waals surface area contributed by atoms with Crippen LogP contribution in [0.1, 0.15) is 12.5 Å². The van der Waals surface area contributed by atoms with Gasteiger partial charge in [0.2, 0.25) is 0 Å². The van der Waals surface area contributed by atoms with E-state index in [9.17, 15) is 9.18 Å². The molecular formula is C13H15FN2O. The van der Waals surface area contributed by atoms with E-state index in [2.05, 4.69) is 0 Å². The lowest BCUT2D eigenvalue weighted by Gasteiger charge is -2.10. The zero-order valence-electron chi connectivity index (χ0n) is 9.90. The molecule has 1 aromatic heterocycles. The molecule has 2 rings (SSSR count). The number of pyridine rings is 1. The lowest BCUT2D eigenvalue weighted by molar-refractivity contribution is 0.629. The molecule has 0 spiro atoms. The average molecular weight is 234 g/mol. The quantitative estimate of drug-likeness (QED) is 0.857. The molecule has 1 heterocycles. The Bertz CT molecular complexity index is 617. The van der Waals surface area contributed by atoms with Crippen molar-refractivity contribution in [1.29, 1.82) is 0 Å². The van der Waals surface area contributed by atoms with Gasteiger partial charge in [-0.05, 0) is 37.6 Å². The van der Waals surface area contributed by atoms with E-state index in [-0.39, 0.29) is 17.4 Å². The van der Waals surface area contributed by atoms with Gasteiger partial charge in [-0.2, -0.15) is 0 Å². The Labute approximate surface area is 98.7 Å². The van der Waals surface area contributed by atoms with Crippen LogP contribution in [0.4, 0.5) is 4.39 Å². The van der Waals surface area contributed by atoms with Gasteiger partial charge < -0.3 is 10.3 Å². The molecule has 0 saturated carbocycles. The minimum atomic E-state index is -0.303. The van der Waals surface area contributed by atoms with Gasteiger partial charge in [-0.1, -0.05) is 0 Å². The highest BCUT2D eigenvalue weighted by atomic mass is 19.1. The van der Waals surface area contributed by atoms with Crippen molar-refractivity contribution in [2.75, 3.05) is 0 Å². The lowest BCUT2D eigenvalue weighted by Crippen LogP contribution is -2.27. The summed E-state index contributed by atoms with van der Waals surface area (Å²) in [6.07, 6.45) is 0.499. The number of aromatic nitrogens is 1. The topological polar surface area (TPSA) is 48.0 Å². The standard InChI is InChI=1S/C13H15FN2O/c1-8(15)5-10-6-9-7-11(14)3-4-12(9)16(2)13(10)17/h3-4,6-8H,5,15H2,1-2H3. The van der Waals surface area contributed by atoms with Crippen molar-refractivity contribution in [3.05, 3.63) is 46.0 Å². The van der Waals surface area contributed by atoms with Crippen molar-refractivity contribution in [2.24, 2.45) is 12.8 Å². The molecule has 0 amide bonds. The molecule has 2 N–H and O–H groups in total. The summed E-state index contributed by atoms with van der Waals surface area (Å²) >= 11 is 0. The fourth-order valence-electron chi connectivity index (χ4n) is 2.01. The maximum Gasteiger partial charge on any atom is 0.254 e. The van der Waals surface area contributed by atoms with Gasteiger partial charge >= 0.3 is 0 Å². The normalized spacial score (nSPS) is 12.9. The van der Waals surface area contributed by atoms with Gasteiger partial charge in [-0.25, -0.2) is 4.39 Å². The maximum absolute atomic E-state index is 13.2. The summed E-state index contributed by atoms with van der Waals surface area (Å²) in [7, 11) is 1.69. The van der Waals surface area contributed by atoms with E-state index in [1.165, 1.54) is 16.7 Å². The van der Waals surface area contributed by atoms with Crippen LogP contribution in [0, 0.1) is 5.82 Å². The summed E-state index contributed by atoms with van der Waals surface area (Å²) in [6, 6.07) is 6.03. The van der Waals surface area contributed by atoms with Crippen LogP contribution in [0.25, 0.3) is 10.9 Å². The number of halogens is 1. The van der Waals surface area contributed by atoms with Crippen molar-refractivity contribution in [3.63, 3.8) is 0 Å². The summed E-state index contributed by atoms with van der Waals surface area (Å²) in [5, 5.41) is 0.725. The molecule has 0 aliphatic carbocycles. The molecular weight excluding hydrogens is 219 g/mol. The average Bonchev–Trinajstić information content (AvgIpc) is 2.24. The summed E-state index contributed by atoms with van der Waals surface area (Å²) in [6.45, 7) is 1.84. The molecule has 0 bridgehead atoms. The number of nitrogens with zero attached hydrogens (tertiary/aromatic N) is 1. The minimum Gasteiger partial charge on any atom is -0.328 e. The third-order valence-electron chi connectivity index (χ3n) is 2.80. The Morgan fingerprint density at radius 3 is 2.76 bits per heavy atom. The largest absolute Gasteiger partial charge is 0.328 e. The number of nitrogens with two attached hydrogens (primary N) is 1. The van der Waals surface area contributed by atoms with Gasteiger partial charge in [-0.15, -0.1) is 0 Å². The second kappa shape index (κ2) is 4.30. The molecule has 3 nitrogen and oxygen atoms in total. The van der Waals surface area contributed by atoms with Crippen molar-refractivity contribution in [2.45, 2.75) is 19.4 Å². The number of fused-ring (bicyclic) bond motifs is 1. The summed E-state index contributed by atoms with van der Waals surface area (Å²) in [4.78, 5) is 12.0. The Hall–Kier alpha value is -1.68. The number of benzene rings is 1. The molecule has 17 heavy (non-hydrogen) atoms. The Kier molecular flexibility index (Phi) is 2.98. The van der Waals surface area contributed by atoms with Crippen molar-refractivity contribution < 1.29 is 4.39 Å². The molecule has 1 atom stereocenters. The van der Waals surface area contributed by atoms with Gasteiger partial charge in [0.25, 0.3) is 5.56 Å². The molecule has 1 aromatic carbocycles. The number of aryl methyl sites for hydroxylation is 1. The first-order valence-electron chi connectivity index (χ1n) is 5.53. The van der Waals surface area contributed by atoms with Crippen molar-refractivity contribution in [3.8, 4) is 0 Å². The first-order valence-corrected chi connectivity index (χ1v) is 5.53. The smallest absolute Gasteiger partial charge is 0.254 e. The van der Waals surface area contributed by atoms with Crippen LogP contribution in [0.5, 0.6) is 0 Å². The number of hydrogen-bond acceptors (Lipinski definition) is 2. The van der Waals surface area contributed by atoms with Gasteiger partial charge in [0.05, 0.1) is 5.52 Å². The zero-order chi connectivity index (χ0) is 12.6. The first-order chi connectivity index (χ1) is 7.99. The zero-order valence-corrected chi connectivity index (χ0v) is 9.90. The highest BCUT2D eigenvalue weighted by molar-refractivity contribution is 5.79. The molecule has 90 valence electrons. The molecule has 0 radical (unpaired) electrons. The van der Waals surface area contributed by atoms with Crippen LogP contribution in [0.15, 0.2) is 29.1 Å². The van der Waals surface area contributed by atoms with Crippen LogP contribution in [-0.2, 0) is 13.5 Å². The van der Waals surface area contributed by atoms with Gasteiger partial charge in [-0.3, -0.25) is 4.79 Å². The van der Waals surface area contributed by atoms with E-state index in [0.29, 0.717) is 12.0 Å². The third-order valence-corrected chi connectivity index (χ3v) is 2.80. The van der Waals surface area contributed by atoms with Crippen LogP contribution in [-0.4, -0.2) is 10.6 Å². The van der Waals surface area contributed by atoms with E-state index in [4.69, 9.17) is 5.73 Å². The summed E-state index contributed by atoms with van der Waals surface area (Å²) in [5.74, 6) is -0.303. The molecule has 0 fully saturated rings. The minimum absolute atomic E-state index is 0.0681. The fraction of sp³-hybridized carbons (Fsp3) is 0.308. The van der Waals surface area contributed by atoms with Crippen LogP contribution in [0.2, 0.25) is 0 Å². The molecule has 2 aromatic rings. The highest BCUT2D eigenvalue weighted by Crippen LogP contribution is 2.15. The van der Waals surface area contributed by atoms with Crippen LogP contribution < -0.4 is 11.3 Å². The van der Waals surface area contributed by atoms with Gasteiger partial charge in [0, 0.05) is 24.0 Å². The van der Waals surface area contributed by atoms with E-state index < -0.39 is 0 Å². The van der Waals surface area contributed by atoms with Gasteiger partial charge in [0.15, 0.2) is 0 Å². The highest BCUT2D eigenvalue weighted by Gasteiger charge is 2.08. The Morgan fingerprint density at radius 1 is 1.41 bits per heavy atom. The predicted molar refractivity (Wildman–Crippen MR) is 66.5 cm³/mol. The molecule has 0 aliphatic heterocycles. The van der Waals surface area contributed by atoms with Gasteiger partial charge in [0.1, 0.15) is 5.82 Å². The molecule has 0 aliphatic rings. The van der Waals surface area contributed by atoms with Crippen LogP contribution in [0.3, 0.4) is 0 Å². The fourth-order valence-corrected chi connectivity index (χ4v) is 2.01. The van der Waals surface area contributed by atoms with Crippen molar-refractivity contribution in [1.82, 2.24) is 4.57 Å². The van der Waals surface area contributed by atoms with E-state index >= 15 is 0 Å². The first kappa shape index (κ1) is 11.8.